The lowest BCUT2D eigenvalue weighted by atomic mass is 10.1. The molecule has 0 aromatic heterocycles. The first kappa shape index (κ1) is 16.9. The number of alkyl halides is 1. The van der Waals surface area contributed by atoms with E-state index in [-0.39, 0.29) is 12.6 Å². The average Bonchev–Trinajstić information content (AvgIpc) is 2.35. The highest BCUT2D eigenvalue weighted by molar-refractivity contribution is 9.08. The molecule has 0 aliphatic rings. The van der Waals surface area contributed by atoms with Crippen LogP contribution in [0.25, 0.3) is 0 Å². The number of carbonyl (C=O) groups is 1. The van der Waals surface area contributed by atoms with Crippen LogP contribution >= 0.6 is 15.9 Å². The third kappa shape index (κ3) is 6.36. The van der Waals surface area contributed by atoms with Crippen molar-refractivity contribution in [3.8, 4) is 0 Å². The minimum atomic E-state index is -3.93. The predicted octanol–water partition coefficient (Wildman–Crippen LogP) is 2.05. The molecule has 0 bridgehead atoms. The Morgan fingerprint density at radius 3 is 2.60 bits per heavy atom. The Morgan fingerprint density at radius 2 is 2.00 bits per heavy atom. The number of rotatable bonds is 6. The van der Waals surface area contributed by atoms with E-state index in [4.69, 9.17) is 4.74 Å². The van der Waals surface area contributed by atoms with Crippen LogP contribution in [0.5, 0.6) is 0 Å². The van der Waals surface area contributed by atoms with Crippen LogP contribution < -0.4 is 9.44 Å². The van der Waals surface area contributed by atoms with E-state index in [2.05, 4.69) is 20.7 Å². The summed E-state index contributed by atoms with van der Waals surface area (Å²) in [7, 11) is -3.93. The van der Waals surface area contributed by atoms with Gasteiger partial charge in [-0.25, -0.2) is 9.52 Å². The highest BCUT2D eigenvalue weighted by atomic mass is 79.9. The van der Waals surface area contributed by atoms with Gasteiger partial charge in [0.05, 0.1) is 6.10 Å². The van der Waals surface area contributed by atoms with E-state index in [9.17, 15) is 13.2 Å². The molecule has 0 aliphatic carbocycles. The van der Waals surface area contributed by atoms with Crippen molar-refractivity contribution in [3.63, 3.8) is 0 Å². The van der Waals surface area contributed by atoms with Gasteiger partial charge in [-0.1, -0.05) is 40.2 Å². The van der Waals surface area contributed by atoms with Gasteiger partial charge in [-0.2, -0.15) is 13.1 Å². The van der Waals surface area contributed by atoms with Crippen molar-refractivity contribution < 1.29 is 17.9 Å². The zero-order chi connectivity index (χ0) is 15.2. The molecule has 0 radical (unpaired) electrons. The highest BCUT2D eigenvalue weighted by Gasteiger charge is 2.15. The number of ether oxygens (including phenoxy) is 1. The van der Waals surface area contributed by atoms with E-state index in [0.717, 1.165) is 11.1 Å². The second kappa shape index (κ2) is 7.61. The molecule has 1 aromatic carbocycles. The third-order valence-electron chi connectivity index (χ3n) is 2.17. The molecule has 1 aromatic rings. The van der Waals surface area contributed by atoms with E-state index in [1.807, 2.05) is 18.2 Å². The number of hydrogen-bond donors (Lipinski definition) is 2. The normalized spacial score (nSPS) is 11.4. The molecule has 6 nitrogen and oxygen atoms in total. The van der Waals surface area contributed by atoms with Crippen molar-refractivity contribution in [2.24, 2.45) is 0 Å². The van der Waals surface area contributed by atoms with Gasteiger partial charge >= 0.3 is 16.3 Å². The van der Waals surface area contributed by atoms with Gasteiger partial charge in [0.2, 0.25) is 0 Å². The van der Waals surface area contributed by atoms with Gasteiger partial charge in [0.25, 0.3) is 0 Å². The van der Waals surface area contributed by atoms with E-state index < -0.39 is 16.3 Å². The molecule has 0 spiro atoms. The van der Waals surface area contributed by atoms with Crippen molar-refractivity contribution in [3.05, 3.63) is 35.4 Å². The van der Waals surface area contributed by atoms with E-state index >= 15 is 0 Å². The average molecular weight is 365 g/mol. The van der Waals surface area contributed by atoms with Gasteiger partial charge in [-0.15, -0.1) is 0 Å². The maximum atomic E-state index is 11.6. The van der Waals surface area contributed by atoms with Crippen LogP contribution in [0.2, 0.25) is 0 Å². The molecule has 0 heterocycles. The van der Waals surface area contributed by atoms with Crippen LogP contribution in [0.1, 0.15) is 25.0 Å². The molecule has 0 saturated carbocycles. The zero-order valence-electron chi connectivity index (χ0n) is 11.2. The Morgan fingerprint density at radius 1 is 1.35 bits per heavy atom. The Hall–Kier alpha value is -1.12. The second-order valence-electron chi connectivity index (χ2n) is 4.33. The summed E-state index contributed by atoms with van der Waals surface area (Å²) in [5, 5.41) is 0.687. The molecule has 0 unspecified atom stereocenters. The third-order valence-corrected chi connectivity index (χ3v) is 3.78. The molecule has 1 rings (SSSR count). The van der Waals surface area contributed by atoms with Gasteiger partial charge in [0.1, 0.15) is 0 Å². The first-order valence-corrected chi connectivity index (χ1v) is 8.54. The van der Waals surface area contributed by atoms with Crippen molar-refractivity contribution in [1.82, 2.24) is 9.44 Å². The van der Waals surface area contributed by atoms with Gasteiger partial charge in [-0.3, -0.25) is 0 Å². The Bertz CT molecular complexity index is 560. The number of carbonyl (C=O) groups excluding carboxylic acids is 1. The molecule has 0 saturated heterocycles. The highest BCUT2D eigenvalue weighted by Crippen LogP contribution is 2.08. The lowest BCUT2D eigenvalue weighted by Gasteiger charge is -2.11. The smallest absolute Gasteiger partial charge is 0.422 e. The van der Waals surface area contributed by atoms with E-state index in [0.29, 0.717) is 5.33 Å². The minimum absolute atomic E-state index is 0.0884. The molecule has 0 atom stereocenters. The van der Waals surface area contributed by atoms with Crippen LogP contribution in [-0.4, -0.2) is 20.6 Å². The van der Waals surface area contributed by atoms with Crippen molar-refractivity contribution in [2.45, 2.75) is 31.8 Å². The van der Waals surface area contributed by atoms with Crippen LogP contribution in [0.15, 0.2) is 24.3 Å². The molecule has 20 heavy (non-hydrogen) atoms. The molecule has 0 aliphatic heterocycles. The fourth-order valence-corrected chi connectivity index (χ4v) is 2.43. The summed E-state index contributed by atoms with van der Waals surface area (Å²) < 4.78 is 32.0. The second-order valence-corrected chi connectivity index (χ2v) is 6.39. The SMILES string of the molecule is CC(C)OC(=O)NS(=O)(=O)NCc1cccc(CBr)c1. The molecule has 1 amide bonds. The Balaban J connectivity index is 2.56. The first-order chi connectivity index (χ1) is 9.32. The summed E-state index contributed by atoms with van der Waals surface area (Å²) in [4.78, 5) is 11.2. The quantitative estimate of drug-likeness (QED) is 0.756. The number of nitrogens with one attached hydrogen (secondary N) is 2. The fraction of sp³-hybridized carbons (Fsp3) is 0.417. The molecular formula is C12H17BrN2O4S. The topological polar surface area (TPSA) is 84.5 Å². The maximum absolute atomic E-state index is 11.6. The Labute approximate surface area is 127 Å². The minimum Gasteiger partial charge on any atom is -0.446 e. The molecular weight excluding hydrogens is 348 g/mol. The fourth-order valence-electron chi connectivity index (χ4n) is 1.39. The number of hydrogen-bond acceptors (Lipinski definition) is 4. The summed E-state index contributed by atoms with van der Waals surface area (Å²) in [6, 6.07) is 7.41. The van der Waals surface area contributed by atoms with Gasteiger partial charge in [0, 0.05) is 11.9 Å². The number of benzene rings is 1. The van der Waals surface area contributed by atoms with Gasteiger partial charge in [-0.05, 0) is 25.0 Å². The molecule has 2 N–H and O–H groups in total. The molecule has 112 valence electrons. The molecule has 0 fully saturated rings. The summed E-state index contributed by atoms with van der Waals surface area (Å²) in [6.45, 7) is 3.35. The predicted molar refractivity (Wildman–Crippen MR) is 79.6 cm³/mol. The maximum Gasteiger partial charge on any atom is 0.422 e. The number of amides is 1. The first-order valence-electron chi connectivity index (χ1n) is 5.94. The van der Waals surface area contributed by atoms with Crippen LogP contribution in [0, 0.1) is 0 Å². The number of halogens is 1. The lowest BCUT2D eigenvalue weighted by Crippen LogP contribution is -2.40. The van der Waals surface area contributed by atoms with E-state index in [1.54, 1.807) is 24.6 Å². The standard InChI is InChI=1S/C12H17BrN2O4S/c1-9(2)19-12(16)15-20(17,18)14-8-11-5-3-4-10(6-11)7-13/h3-6,9,14H,7-8H2,1-2H3,(H,15,16). The summed E-state index contributed by atoms with van der Waals surface area (Å²) in [6.07, 6.45) is -1.39. The van der Waals surface area contributed by atoms with Crippen molar-refractivity contribution in [1.29, 1.82) is 0 Å². The van der Waals surface area contributed by atoms with Crippen LogP contribution in [0.3, 0.4) is 0 Å². The summed E-state index contributed by atoms with van der Waals surface area (Å²) in [5.74, 6) is 0. The molecule has 8 heteroatoms. The van der Waals surface area contributed by atoms with Crippen LogP contribution in [-0.2, 0) is 26.8 Å². The summed E-state index contributed by atoms with van der Waals surface area (Å²) in [5.41, 5.74) is 1.83. The lowest BCUT2D eigenvalue weighted by molar-refractivity contribution is 0.121. The van der Waals surface area contributed by atoms with Crippen LogP contribution in [0.4, 0.5) is 4.79 Å². The monoisotopic (exact) mass is 364 g/mol. The van der Waals surface area contributed by atoms with Crippen molar-refractivity contribution in [2.75, 3.05) is 0 Å². The van der Waals surface area contributed by atoms with Gasteiger partial charge in [0.15, 0.2) is 0 Å². The zero-order valence-corrected chi connectivity index (χ0v) is 13.6. The van der Waals surface area contributed by atoms with E-state index in [1.165, 1.54) is 0 Å². The van der Waals surface area contributed by atoms with Gasteiger partial charge < -0.3 is 4.74 Å². The van der Waals surface area contributed by atoms with Crippen molar-refractivity contribution >= 4 is 32.2 Å². The summed E-state index contributed by atoms with van der Waals surface area (Å²) >= 11 is 3.33. The Kier molecular flexibility index (Phi) is 6.44. The largest absolute Gasteiger partial charge is 0.446 e.